The van der Waals surface area contributed by atoms with Crippen molar-refractivity contribution in [1.82, 2.24) is 0 Å². The molecule has 1 fully saturated rings. The molecule has 0 saturated heterocycles. The minimum atomic E-state index is -4.27. The maximum Gasteiger partial charge on any atom is 0.416 e. The fourth-order valence-electron chi connectivity index (χ4n) is 2.68. The van der Waals surface area contributed by atoms with Crippen molar-refractivity contribution in [2.24, 2.45) is 5.73 Å². The summed E-state index contributed by atoms with van der Waals surface area (Å²) in [6.45, 7) is 0. The van der Waals surface area contributed by atoms with Crippen molar-refractivity contribution < 1.29 is 13.2 Å². The van der Waals surface area contributed by atoms with Crippen LogP contribution in [-0.4, -0.2) is 17.0 Å². The van der Waals surface area contributed by atoms with E-state index in [0.717, 1.165) is 28.7 Å². The molecule has 0 amide bonds. The molecular weight excluding hydrogens is 295 g/mol. The van der Waals surface area contributed by atoms with E-state index >= 15 is 0 Å². The molecule has 0 bridgehead atoms. The summed E-state index contributed by atoms with van der Waals surface area (Å²) in [5.74, 6) is 0.881. The monoisotopic (exact) mass is 317 g/mol. The Bertz CT molecular complexity index is 424. The van der Waals surface area contributed by atoms with Gasteiger partial charge in [0.25, 0.3) is 0 Å². The van der Waals surface area contributed by atoms with Crippen molar-refractivity contribution in [3.05, 3.63) is 35.4 Å². The van der Waals surface area contributed by atoms with E-state index in [1.54, 1.807) is 0 Å². The summed E-state index contributed by atoms with van der Waals surface area (Å²) < 4.78 is 37.4. The Labute approximate surface area is 128 Å². The highest BCUT2D eigenvalue weighted by molar-refractivity contribution is 7.99. The van der Waals surface area contributed by atoms with Crippen molar-refractivity contribution in [1.29, 1.82) is 0 Å². The number of hydrogen-bond acceptors (Lipinski definition) is 2. The predicted molar refractivity (Wildman–Crippen MR) is 82.5 cm³/mol. The Morgan fingerprint density at radius 2 is 1.71 bits per heavy atom. The minimum absolute atomic E-state index is 0.00802. The van der Waals surface area contributed by atoms with Gasteiger partial charge in [0.1, 0.15) is 0 Å². The molecule has 1 aliphatic carbocycles. The molecule has 1 aromatic rings. The van der Waals surface area contributed by atoms with Crippen LogP contribution < -0.4 is 5.73 Å². The van der Waals surface area contributed by atoms with E-state index in [1.165, 1.54) is 44.2 Å². The molecule has 0 aliphatic heterocycles. The largest absolute Gasteiger partial charge is 0.416 e. The van der Waals surface area contributed by atoms with Crippen LogP contribution in [0.1, 0.15) is 43.2 Å². The number of thioether (sulfide) groups is 1. The molecule has 1 saturated carbocycles. The van der Waals surface area contributed by atoms with Crippen molar-refractivity contribution in [2.45, 2.75) is 56.0 Å². The van der Waals surface area contributed by atoms with E-state index in [9.17, 15) is 13.2 Å². The number of benzene rings is 1. The van der Waals surface area contributed by atoms with Crippen LogP contribution >= 0.6 is 11.8 Å². The maximum atomic E-state index is 12.5. The second kappa shape index (κ2) is 7.54. The van der Waals surface area contributed by atoms with Crippen LogP contribution in [0.25, 0.3) is 0 Å². The zero-order valence-corrected chi connectivity index (χ0v) is 12.8. The fraction of sp³-hybridized carbons (Fsp3) is 0.625. The molecular formula is C16H22F3NS. The van der Waals surface area contributed by atoms with Crippen LogP contribution in [0.4, 0.5) is 13.2 Å². The first kappa shape index (κ1) is 16.7. The molecule has 1 aromatic carbocycles. The maximum absolute atomic E-state index is 12.5. The lowest BCUT2D eigenvalue weighted by Gasteiger charge is -2.22. The van der Waals surface area contributed by atoms with Gasteiger partial charge in [0.2, 0.25) is 0 Å². The van der Waals surface area contributed by atoms with E-state index in [-0.39, 0.29) is 6.04 Å². The third-order valence-electron chi connectivity index (χ3n) is 3.88. The summed E-state index contributed by atoms with van der Waals surface area (Å²) in [5.41, 5.74) is 6.38. The molecule has 1 aliphatic rings. The summed E-state index contributed by atoms with van der Waals surface area (Å²) in [4.78, 5) is 0. The molecule has 118 valence electrons. The van der Waals surface area contributed by atoms with Crippen LogP contribution in [0, 0.1) is 0 Å². The zero-order valence-electron chi connectivity index (χ0n) is 12.0. The average Bonchev–Trinajstić information content (AvgIpc) is 2.46. The molecule has 0 aromatic heterocycles. The number of hydrogen-bond donors (Lipinski definition) is 1. The molecule has 1 atom stereocenters. The molecule has 2 N–H and O–H groups in total. The summed E-state index contributed by atoms with van der Waals surface area (Å²) in [6, 6.07) is 5.35. The third kappa shape index (κ3) is 5.55. The van der Waals surface area contributed by atoms with E-state index in [0.29, 0.717) is 6.42 Å². The van der Waals surface area contributed by atoms with Gasteiger partial charge < -0.3 is 5.73 Å². The van der Waals surface area contributed by atoms with Crippen molar-refractivity contribution >= 4 is 11.8 Å². The summed E-state index contributed by atoms with van der Waals surface area (Å²) in [7, 11) is 0. The molecule has 1 unspecified atom stereocenters. The lowest BCUT2D eigenvalue weighted by molar-refractivity contribution is -0.137. The SMILES string of the molecule is NC(CSC1CCCCC1)Cc1ccc(C(F)(F)F)cc1. The van der Waals surface area contributed by atoms with Gasteiger partial charge in [-0.3, -0.25) is 0 Å². The van der Waals surface area contributed by atoms with Gasteiger partial charge in [0.05, 0.1) is 5.56 Å². The van der Waals surface area contributed by atoms with Crippen LogP contribution in [0.3, 0.4) is 0 Å². The molecule has 21 heavy (non-hydrogen) atoms. The van der Waals surface area contributed by atoms with Gasteiger partial charge in [-0.2, -0.15) is 24.9 Å². The topological polar surface area (TPSA) is 26.0 Å². The highest BCUT2D eigenvalue weighted by Gasteiger charge is 2.29. The van der Waals surface area contributed by atoms with Crippen molar-refractivity contribution in [3.63, 3.8) is 0 Å². The zero-order chi connectivity index (χ0) is 15.3. The van der Waals surface area contributed by atoms with Gasteiger partial charge in [-0.15, -0.1) is 0 Å². The number of halogens is 3. The number of rotatable bonds is 5. The van der Waals surface area contributed by atoms with E-state index in [1.807, 2.05) is 11.8 Å². The highest BCUT2D eigenvalue weighted by atomic mass is 32.2. The summed E-state index contributed by atoms with van der Waals surface area (Å²) >= 11 is 1.93. The summed E-state index contributed by atoms with van der Waals surface area (Å²) in [6.07, 6.45) is 2.89. The lowest BCUT2D eigenvalue weighted by Crippen LogP contribution is -2.27. The predicted octanol–water partition coefficient (Wildman–Crippen LogP) is 4.64. The second-order valence-corrected chi connectivity index (χ2v) is 7.09. The van der Waals surface area contributed by atoms with Crippen molar-refractivity contribution in [3.8, 4) is 0 Å². The van der Waals surface area contributed by atoms with E-state index < -0.39 is 11.7 Å². The van der Waals surface area contributed by atoms with Gasteiger partial charge >= 0.3 is 6.18 Å². The van der Waals surface area contributed by atoms with Crippen LogP contribution in [0.15, 0.2) is 24.3 Å². The lowest BCUT2D eigenvalue weighted by atomic mass is 10.0. The van der Waals surface area contributed by atoms with Crippen LogP contribution in [-0.2, 0) is 12.6 Å². The third-order valence-corrected chi connectivity index (χ3v) is 5.44. The highest BCUT2D eigenvalue weighted by Crippen LogP contribution is 2.30. The van der Waals surface area contributed by atoms with Gasteiger partial charge in [0.15, 0.2) is 0 Å². The molecule has 0 spiro atoms. The van der Waals surface area contributed by atoms with Gasteiger partial charge in [0, 0.05) is 17.0 Å². The quantitative estimate of drug-likeness (QED) is 0.856. The van der Waals surface area contributed by atoms with Gasteiger partial charge in [-0.25, -0.2) is 0 Å². The van der Waals surface area contributed by atoms with Gasteiger partial charge in [-0.05, 0) is 37.0 Å². The Morgan fingerprint density at radius 3 is 2.29 bits per heavy atom. The normalized spacial score (nSPS) is 18.7. The molecule has 1 nitrogen and oxygen atoms in total. The Morgan fingerprint density at radius 1 is 1.10 bits per heavy atom. The first-order valence-corrected chi connectivity index (χ1v) is 8.53. The molecule has 5 heteroatoms. The number of nitrogens with two attached hydrogens (primary N) is 1. The second-order valence-electron chi connectivity index (χ2n) is 5.75. The van der Waals surface area contributed by atoms with Crippen LogP contribution in [0.2, 0.25) is 0 Å². The first-order valence-electron chi connectivity index (χ1n) is 7.48. The molecule has 0 radical (unpaired) electrons. The van der Waals surface area contributed by atoms with Crippen molar-refractivity contribution in [2.75, 3.05) is 5.75 Å². The van der Waals surface area contributed by atoms with Gasteiger partial charge in [-0.1, -0.05) is 31.4 Å². The Balaban J connectivity index is 1.78. The molecule has 0 heterocycles. The summed E-state index contributed by atoms with van der Waals surface area (Å²) in [5, 5.41) is 0.720. The standard InChI is InChI=1S/C16H22F3NS/c17-16(18,19)13-8-6-12(7-9-13)10-14(20)11-21-15-4-2-1-3-5-15/h6-9,14-15H,1-5,10-11,20H2. The smallest absolute Gasteiger partial charge is 0.327 e. The van der Waals surface area contributed by atoms with E-state index in [2.05, 4.69) is 0 Å². The Kier molecular flexibility index (Phi) is 5.99. The first-order chi connectivity index (χ1) is 9.95. The van der Waals surface area contributed by atoms with Crippen LogP contribution in [0.5, 0.6) is 0 Å². The molecule has 2 rings (SSSR count). The fourth-order valence-corrected chi connectivity index (χ4v) is 3.99. The number of alkyl halides is 3. The minimum Gasteiger partial charge on any atom is -0.327 e. The average molecular weight is 317 g/mol. The van der Waals surface area contributed by atoms with E-state index in [4.69, 9.17) is 5.73 Å². The Hall–Kier alpha value is -0.680.